The van der Waals surface area contributed by atoms with Crippen LogP contribution in [0.1, 0.15) is 11.1 Å². The molecule has 1 aromatic heterocycles. The highest BCUT2D eigenvalue weighted by Crippen LogP contribution is 2.36. The Morgan fingerprint density at radius 2 is 1.76 bits per heavy atom. The number of aromatic amines is 1. The van der Waals surface area contributed by atoms with E-state index >= 15 is 0 Å². The third-order valence-corrected chi connectivity index (χ3v) is 8.15. The number of ether oxygens (including phenoxy) is 1. The number of nitro benzene ring substituents is 1. The van der Waals surface area contributed by atoms with Gasteiger partial charge in [-0.1, -0.05) is 36.4 Å². The highest BCUT2D eigenvalue weighted by atomic mass is 32.2. The molecule has 0 aliphatic carbocycles. The molecular weight excluding hydrogens is 609 g/mol. The number of nitrogens with zero attached hydrogens (tertiary/aromatic N) is 3. The lowest BCUT2D eigenvalue weighted by molar-refractivity contribution is -0.384. The molecule has 5 aromatic rings. The lowest BCUT2D eigenvalue weighted by atomic mass is 10.1. The van der Waals surface area contributed by atoms with Gasteiger partial charge in [-0.15, -0.1) is 0 Å². The quantitative estimate of drug-likeness (QED) is 0.0959. The number of carbonyl (C=O) groups is 2. The zero-order valence-corrected chi connectivity index (χ0v) is 25.0. The second-order valence-electron chi connectivity index (χ2n) is 10.2. The molecule has 2 N–H and O–H groups in total. The molecule has 46 heavy (non-hydrogen) atoms. The summed E-state index contributed by atoms with van der Waals surface area (Å²) in [5.74, 6) is -0.701. The van der Waals surface area contributed by atoms with Crippen molar-refractivity contribution in [1.82, 2.24) is 9.88 Å². The Morgan fingerprint density at radius 3 is 2.54 bits per heavy atom. The lowest BCUT2D eigenvalue weighted by Gasteiger charge is -2.15. The highest BCUT2D eigenvalue weighted by molar-refractivity contribution is 8.18. The highest BCUT2D eigenvalue weighted by Gasteiger charge is 2.33. The Morgan fingerprint density at radius 1 is 1.02 bits per heavy atom. The van der Waals surface area contributed by atoms with E-state index in [0.717, 1.165) is 16.5 Å². The van der Waals surface area contributed by atoms with E-state index in [-0.39, 0.29) is 18.2 Å². The van der Waals surface area contributed by atoms with E-state index in [2.05, 4.69) is 15.3 Å². The number of halogens is 1. The van der Waals surface area contributed by atoms with Gasteiger partial charge in [-0.3, -0.25) is 24.6 Å². The van der Waals surface area contributed by atoms with Crippen molar-refractivity contribution in [2.24, 2.45) is 4.99 Å². The number of thioether (sulfide) groups is 1. The van der Waals surface area contributed by atoms with Crippen molar-refractivity contribution in [1.29, 1.82) is 0 Å². The van der Waals surface area contributed by atoms with Gasteiger partial charge in [0.1, 0.15) is 11.6 Å². The molecule has 1 aliphatic rings. The number of rotatable bonds is 10. The largest absolute Gasteiger partial charge is 0.483 e. The summed E-state index contributed by atoms with van der Waals surface area (Å²) in [5, 5.41) is 15.3. The molecule has 0 radical (unpaired) electrons. The topological polar surface area (TPSA) is 130 Å². The van der Waals surface area contributed by atoms with Crippen molar-refractivity contribution in [3.8, 4) is 5.75 Å². The molecule has 1 fully saturated rings. The molecule has 0 atom stereocenters. The fourth-order valence-corrected chi connectivity index (χ4v) is 5.88. The summed E-state index contributed by atoms with van der Waals surface area (Å²) in [6.07, 6.45) is 4.19. The number of benzene rings is 4. The van der Waals surface area contributed by atoms with E-state index in [4.69, 9.17) is 4.74 Å². The van der Waals surface area contributed by atoms with Gasteiger partial charge in [-0.25, -0.2) is 9.38 Å². The molecule has 0 unspecified atom stereocenters. The number of aromatic nitrogens is 1. The molecule has 230 valence electrons. The fourth-order valence-electron chi connectivity index (χ4n) is 4.86. The third-order valence-electron chi connectivity index (χ3n) is 7.15. The molecule has 0 saturated carbocycles. The molecule has 10 nitrogen and oxygen atoms in total. The van der Waals surface area contributed by atoms with E-state index in [1.54, 1.807) is 35.2 Å². The van der Waals surface area contributed by atoms with Crippen molar-refractivity contribution in [3.63, 3.8) is 0 Å². The first-order chi connectivity index (χ1) is 22.3. The van der Waals surface area contributed by atoms with Crippen LogP contribution in [0.3, 0.4) is 0 Å². The van der Waals surface area contributed by atoms with E-state index in [0.29, 0.717) is 45.7 Å². The minimum absolute atomic E-state index is 0.0566. The molecule has 12 heteroatoms. The van der Waals surface area contributed by atoms with Crippen molar-refractivity contribution in [2.45, 2.75) is 6.42 Å². The number of amidine groups is 1. The zero-order valence-electron chi connectivity index (χ0n) is 24.2. The summed E-state index contributed by atoms with van der Waals surface area (Å²) < 4.78 is 19.0. The number of hydrogen-bond acceptors (Lipinski definition) is 7. The normalized spacial score (nSPS) is 14.7. The Kier molecular flexibility index (Phi) is 8.88. The van der Waals surface area contributed by atoms with Crippen LogP contribution in [0.4, 0.5) is 21.5 Å². The number of nitro groups is 1. The van der Waals surface area contributed by atoms with Crippen LogP contribution < -0.4 is 10.1 Å². The molecule has 1 saturated heterocycles. The monoisotopic (exact) mass is 635 g/mol. The van der Waals surface area contributed by atoms with Gasteiger partial charge in [0, 0.05) is 47.0 Å². The summed E-state index contributed by atoms with van der Waals surface area (Å²) in [6, 6.07) is 26.2. The number of H-pyrrole nitrogens is 1. The van der Waals surface area contributed by atoms with E-state index in [9.17, 15) is 24.1 Å². The van der Waals surface area contributed by atoms with Crippen molar-refractivity contribution >= 4 is 62.8 Å². The first-order valence-corrected chi connectivity index (χ1v) is 15.0. The Balaban J connectivity index is 1.24. The summed E-state index contributed by atoms with van der Waals surface area (Å²) in [4.78, 5) is 46.9. The number of non-ortho nitro benzene ring substituents is 1. The Labute approximate surface area is 266 Å². The van der Waals surface area contributed by atoms with Gasteiger partial charge < -0.3 is 15.0 Å². The molecule has 2 amide bonds. The van der Waals surface area contributed by atoms with Crippen LogP contribution in [0.2, 0.25) is 0 Å². The molecular formula is C34H26FN5O5S. The van der Waals surface area contributed by atoms with E-state index in [1.807, 2.05) is 30.5 Å². The number of anilines is 1. The molecule has 1 aliphatic heterocycles. The summed E-state index contributed by atoms with van der Waals surface area (Å²) >= 11 is 1.18. The SMILES string of the molecule is O=C(COc1ccccc1/C=C1\SC(=Nc2ccc([N+](=O)[O-])cc2)N(CCc2c[nH]c3ccccc23)C1=O)Nc1ccc(F)cc1. The number of hydrogen-bond donors (Lipinski definition) is 2. The van der Waals surface area contributed by atoms with E-state index in [1.165, 1.54) is 60.3 Å². The van der Waals surface area contributed by atoms with Crippen molar-refractivity contribution in [2.75, 3.05) is 18.5 Å². The van der Waals surface area contributed by atoms with Crippen LogP contribution >= 0.6 is 11.8 Å². The Hall–Kier alpha value is -5.75. The van der Waals surface area contributed by atoms with E-state index < -0.39 is 16.6 Å². The average molecular weight is 636 g/mol. The predicted octanol–water partition coefficient (Wildman–Crippen LogP) is 7.08. The molecule has 2 heterocycles. The average Bonchev–Trinajstić information content (AvgIpc) is 3.60. The second-order valence-corrected chi connectivity index (χ2v) is 11.2. The maximum absolute atomic E-state index is 13.8. The van der Waals surface area contributed by atoms with Gasteiger partial charge in [-0.05, 0) is 78.4 Å². The van der Waals surface area contributed by atoms with Crippen LogP contribution in [0.5, 0.6) is 5.75 Å². The van der Waals surface area contributed by atoms with Crippen LogP contribution in [-0.2, 0) is 16.0 Å². The predicted molar refractivity (Wildman–Crippen MR) is 176 cm³/mol. The standard InChI is InChI=1S/C34H26FN5O5S/c35-24-9-11-25(12-10-24)37-32(41)21-45-30-8-4-1-5-22(30)19-31-33(42)39(18-17-23-20-36-29-7-3-2-6-28(23)29)34(46-31)38-26-13-15-27(16-14-26)40(43)44/h1-16,19-20,36H,17-18,21H2,(H,37,41)/b31-19-,38-34?. The van der Waals surface area contributed by atoms with Crippen LogP contribution in [0, 0.1) is 15.9 Å². The number of para-hydroxylation sites is 2. The minimum Gasteiger partial charge on any atom is -0.483 e. The number of fused-ring (bicyclic) bond motifs is 1. The van der Waals surface area contributed by atoms with Crippen molar-refractivity contribution in [3.05, 3.63) is 135 Å². The zero-order chi connectivity index (χ0) is 32.0. The number of amides is 2. The van der Waals surface area contributed by atoms with Gasteiger partial charge in [0.05, 0.1) is 15.5 Å². The minimum atomic E-state index is -0.481. The maximum Gasteiger partial charge on any atom is 0.269 e. The van der Waals surface area contributed by atoms with Crippen LogP contribution in [0.15, 0.2) is 113 Å². The van der Waals surface area contributed by atoms with Crippen LogP contribution in [0.25, 0.3) is 17.0 Å². The fraction of sp³-hybridized carbons (Fsp3) is 0.0882. The molecule has 6 rings (SSSR count). The van der Waals surface area contributed by atoms with Gasteiger partial charge in [-0.2, -0.15) is 0 Å². The Bertz CT molecular complexity index is 1990. The second kappa shape index (κ2) is 13.5. The summed E-state index contributed by atoms with van der Waals surface area (Å²) in [7, 11) is 0. The molecule has 0 bridgehead atoms. The maximum atomic E-state index is 13.8. The molecule has 0 spiro atoms. The van der Waals surface area contributed by atoms with Gasteiger partial charge in [0.2, 0.25) is 0 Å². The first-order valence-electron chi connectivity index (χ1n) is 14.2. The van der Waals surface area contributed by atoms with Crippen molar-refractivity contribution < 1.29 is 23.6 Å². The number of nitrogens with one attached hydrogen (secondary N) is 2. The third kappa shape index (κ3) is 6.97. The number of carbonyl (C=O) groups excluding carboxylic acids is 2. The van der Waals surface area contributed by atoms with Gasteiger partial charge in [0.25, 0.3) is 17.5 Å². The van der Waals surface area contributed by atoms with Gasteiger partial charge >= 0.3 is 0 Å². The smallest absolute Gasteiger partial charge is 0.269 e. The lowest BCUT2D eigenvalue weighted by Crippen LogP contribution is -2.31. The number of aliphatic imine (C=N–C) groups is 1. The summed E-state index contributed by atoms with van der Waals surface area (Å²) in [5.41, 5.74) is 3.49. The first kappa shape index (κ1) is 30.3. The molecule has 4 aromatic carbocycles. The van der Waals surface area contributed by atoms with Gasteiger partial charge in [0.15, 0.2) is 11.8 Å². The summed E-state index contributed by atoms with van der Waals surface area (Å²) in [6.45, 7) is 0.0425. The van der Waals surface area contributed by atoms with Crippen LogP contribution in [-0.4, -0.2) is 44.9 Å².